The van der Waals surface area contributed by atoms with Crippen LogP contribution in [0.3, 0.4) is 0 Å². The number of benzene rings is 3. The van der Waals surface area contributed by atoms with Gasteiger partial charge in [-0.15, -0.1) is 0 Å². The molecule has 0 atom stereocenters. The Balaban J connectivity index is 1.53. The highest BCUT2D eigenvalue weighted by Crippen LogP contribution is 2.35. The number of hydrogen-bond acceptors (Lipinski definition) is 7. The van der Waals surface area contributed by atoms with Gasteiger partial charge in [0.25, 0.3) is 5.69 Å². The van der Waals surface area contributed by atoms with Crippen LogP contribution >= 0.6 is 0 Å². The number of carbonyl (C=O) groups is 2. The van der Waals surface area contributed by atoms with Crippen molar-refractivity contribution in [2.45, 2.75) is 6.92 Å². The van der Waals surface area contributed by atoms with Gasteiger partial charge in [-0.05, 0) is 48.9 Å². The van der Waals surface area contributed by atoms with E-state index in [1.54, 1.807) is 48.5 Å². The summed E-state index contributed by atoms with van der Waals surface area (Å²) in [6.07, 6.45) is 1.55. The number of allylic oxidation sites excluding steroid dienone is 1. The number of carbonyl (C=O) groups excluding carboxylic acids is 2. The lowest BCUT2D eigenvalue weighted by Crippen LogP contribution is -2.08. The Hall–Kier alpha value is -4.46. The van der Waals surface area contributed by atoms with E-state index in [0.717, 1.165) is 6.07 Å². The van der Waals surface area contributed by atoms with Crippen molar-refractivity contribution in [2.75, 3.05) is 6.61 Å². The number of esters is 1. The van der Waals surface area contributed by atoms with Gasteiger partial charge in [-0.25, -0.2) is 4.79 Å². The molecule has 8 nitrogen and oxygen atoms in total. The average molecular weight is 431 g/mol. The molecular weight excluding hydrogens is 414 g/mol. The Morgan fingerprint density at radius 3 is 2.66 bits per heavy atom. The first kappa shape index (κ1) is 20.8. The van der Waals surface area contributed by atoms with Crippen LogP contribution in [0.5, 0.6) is 17.2 Å². The SMILES string of the molecule is CCOc1ccc2c(c1)O/C(=C\c1cccc(OC(=O)c3cccc([N+](=O)[O-])c3)c1)C2=O. The minimum Gasteiger partial charge on any atom is -0.494 e. The number of fused-ring (bicyclic) bond motifs is 1. The maximum Gasteiger partial charge on any atom is 0.343 e. The lowest BCUT2D eigenvalue weighted by atomic mass is 10.1. The summed E-state index contributed by atoms with van der Waals surface area (Å²) in [6, 6.07) is 16.8. The lowest BCUT2D eigenvalue weighted by Gasteiger charge is -2.06. The summed E-state index contributed by atoms with van der Waals surface area (Å²) >= 11 is 0. The predicted molar refractivity (Wildman–Crippen MR) is 115 cm³/mol. The van der Waals surface area contributed by atoms with Crippen LogP contribution in [0.2, 0.25) is 0 Å². The second-order valence-corrected chi connectivity index (χ2v) is 6.80. The van der Waals surface area contributed by atoms with E-state index in [2.05, 4.69) is 0 Å². The summed E-state index contributed by atoms with van der Waals surface area (Å²) in [5.41, 5.74) is 0.864. The number of non-ortho nitro benzene ring substituents is 1. The fraction of sp³-hybridized carbons (Fsp3) is 0.0833. The molecule has 0 radical (unpaired) electrons. The van der Waals surface area contributed by atoms with E-state index < -0.39 is 10.9 Å². The van der Waals surface area contributed by atoms with Gasteiger partial charge in [0.1, 0.15) is 17.2 Å². The van der Waals surface area contributed by atoms with Crippen LogP contribution < -0.4 is 14.2 Å². The van der Waals surface area contributed by atoms with E-state index in [0.29, 0.717) is 29.2 Å². The van der Waals surface area contributed by atoms with Gasteiger partial charge in [0.15, 0.2) is 5.76 Å². The molecule has 1 aliphatic rings. The van der Waals surface area contributed by atoms with Crippen molar-refractivity contribution < 1.29 is 28.7 Å². The molecule has 1 aliphatic heterocycles. The first-order chi connectivity index (χ1) is 15.4. The van der Waals surface area contributed by atoms with Crippen molar-refractivity contribution in [3.05, 3.63) is 99.3 Å². The molecule has 0 aliphatic carbocycles. The van der Waals surface area contributed by atoms with Crippen LogP contribution in [-0.2, 0) is 0 Å². The van der Waals surface area contributed by atoms with Crippen LogP contribution in [0.15, 0.2) is 72.5 Å². The van der Waals surface area contributed by atoms with Crippen LogP contribution in [-0.4, -0.2) is 23.3 Å². The zero-order valence-corrected chi connectivity index (χ0v) is 16.9. The fourth-order valence-electron chi connectivity index (χ4n) is 3.16. The number of Topliss-reactive ketones (excluding diaryl/α,β-unsaturated/α-hetero) is 1. The minimum absolute atomic E-state index is 0.0535. The molecule has 0 N–H and O–H groups in total. The first-order valence-corrected chi connectivity index (χ1v) is 9.72. The number of hydrogen-bond donors (Lipinski definition) is 0. The second kappa shape index (κ2) is 8.73. The quantitative estimate of drug-likeness (QED) is 0.181. The number of nitro benzene ring substituents is 1. The van der Waals surface area contributed by atoms with Gasteiger partial charge in [0, 0.05) is 18.2 Å². The van der Waals surface area contributed by atoms with E-state index in [4.69, 9.17) is 14.2 Å². The molecule has 0 amide bonds. The Morgan fingerprint density at radius 2 is 1.88 bits per heavy atom. The van der Waals surface area contributed by atoms with Crippen LogP contribution in [0.25, 0.3) is 6.08 Å². The predicted octanol–water partition coefficient (Wildman–Crippen LogP) is 4.83. The maximum atomic E-state index is 12.6. The van der Waals surface area contributed by atoms with E-state index in [1.165, 1.54) is 18.2 Å². The zero-order chi connectivity index (χ0) is 22.7. The van der Waals surface area contributed by atoms with Gasteiger partial charge in [-0.1, -0.05) is 18.2 Å². The number of ketones is 1. The molecule has 0 aromatic heterocycles. The first-order valence-electron chi connectivity index (χ1n) is 9.72. The highest BCUT2D eigenvalue weighted by molar-refractivity contribution is 6.14. The van der Waals surface area contributed by atoms with Crippen molar-refractivity contribution in [1.29, 1.82) is 0 Å². The van der Waals surface area contributed by atoms with Crippen LogP contribution in [0.1, 0.15) is 33.2 Å². The van der Waals surface area contributed by atoms with Crippen molar-refractivity contribution in [2.24, 2.45) is 0 Å². The molecule has 3 aromatic carbocycles. The third kappa shape index (κ3) is 4.34. The van der Waals surface area contributed by atoms with E-state index >= 15 is 0 Å². The van der Waals surface area contributed by atoms with Gasteiger partial charge >= 0.3 is 5.97 Å². The fourth-order valence-corrected chi connectivity index (χ4v) is 3.16. The maximum absolute atomic E-state index is 12.6. The van der Waals surface area contributed by atoms with Crippen LogP contribution in [0, 0.1) is 10.1 Å². The molecule has 3 aromatic rings. The monoisotopic (exact) mass is 431 g/mol. The van der Waals surface area contributed by atoms with E-state index in [-0.39, 0.29) is 28.5 Å². The average Bonchev–Trinajstić information content (AvgIpc) is 3.09. The third-order valence-corrected chi connectivity index (χ3v) is 4.61. The van der Waals surface area contributed by atoms with Crippen molar-refractivity contribution in [3.63, 3.8) is 0 Å². The summed E-state index contributed by atoms with van der Waals surface area (Å²) in [7, 11) is 0. The smallest absolute Gasteiger partial charge is 0.343 e. The van der Waals surface area contributed by atoms with Gasteiger partial charge in [0.05, 0.1) is 22.7 Å². The molecule has 0 unspecified atom stereocenters. The molecule has 0 spiro atoms. The molecule has 0 fully saturated rings. The van der Waals surface area contributed by atoms with Crippen molar-refractivity contribution in [1.82, 2.24) is 0 Å². The number of rotatable bonds is 6. The van der Waals surface area contributed by atoms with Gasteiger partial charge in [-0.2, -0.15) is 0 Å². The number of ether oxygens (including phenoxy) is 3. The highest BCUT2D eigenvalue weighted by Gasteiger charge is 2.27. The topological polar surface area (TPSA) is 105 Å². The van der Waals surface area contributed by atoms with Gasteiger partial charge in [0.2, 0.25) is 5.78 Å². The summed E-state index contributed by atoms with van der Waals surface area (Å²) in [6.45, 7) is 2.36. The molecule has 1 heterocycles. The molecule has 0 saturated carbocycles. The molecule has 8 heteroatoms. The molecule has 32 heavy (non-hydrogen) atoms. The molecular formula is C24H17NO7. The molecule has 0 saturated heterocycles. The van der Waals surface area contributed by atoms with Gasteiger partial charge in [-0.3, -0.25) is 14.9 Å². The summed E-state index contributed by atoms with van der Waals surface area (Å²) in [5, 5.41) is 10.9. The van der Waals surface area contributed by atoms with Crippen molar-refractivity contribution in [3.8, 4) is 17.2 Å². The molecule has 160 valence electrons. The molecule has 0 bridgehead atoms. The second-order valence-electron chi connectivity index (χ2n) is 6.80. The van der Waals surface area contributed by atoms with Crippen molar-refractivity contribution >= 4 is 23.5 Å². The minimum atomic E-state index is -0.734. The Labute approximate surface area is 182 Å². The number of nitro groups is 1. The van der Waals surface area contributed by atoms with Gasteiger partial charge < -0.3 is 14.2 Å². The van der Waals surface area contributed by atoms with Crippen LogP contribution in [0.4, 0.5) is 5.69 Å². The normalized spacial score (nSPS) is 13.4. The van der Waals surface area contributed by atoms with E-state index in [9.17, 15) is 19.7 Å². The largest absolute Gasteiger partial charge is 0.494 e. The third-order valence-electron chi connectivity index (χ3n) is 4.61. The van der Waals surface area contributed by atoms with E-state index in [1.807, 2.05) is 6.92 Å². The standard InChI is InChI=1S/C24H17NO7/c1-2-30-18-9-10-20-21(14-18)32-22(23(20)26)12-15-5-3-8-19(11-15)31-24(27)16-6-4-7-17(13-16)25(28)29/h3-14H,2H2,1H3/b22-12-. The lowest BCUT2D eigenvalue weighted by molar-refractivity contribution is -0.384. The summed E-state index contributed by atoms with van der Waals surface area (Å²) in [5.74, 6) is 0.383. The Morgan fingerprint density at radius 1 is 1.06 bits per heavy atom. The Bertz CT molecular complexity index is 1260. The Kier molecular flexibility index (Phi) is 5.67. The number of nitrogens with zero attached hydrogens (tertiary/aromatic N) is 1. The molecule has 4 rings (SSSR count). The zero-order valence-electron chi connectivity index (χ0n) is 16.9. The highest BCUT2D eigenvalue weighted by atomic mass is 16.6. The summed E-state index contributed by atoms with van der Waals surface area (Å²) < 4.78 is 16.5. The summed E-state index contributed by atoms with van der Waals surface area (Å²) in [4.78, 5) is 35.3.